The van der Waals surface area contributed by atoms with Gasteiger partial charge in [-0.25, -0.2) is 12.8 Å². The van der Waals surface area contributed by atoms with E-state index >= 15 is 0 Å². The molecule has 0 radical (unpaired) electrons. The molecule has 8 nitrogen and oxygen atoms in total. The molecule has 0 saturated heterocycles. The van der Waals surface area contributed by atoms with Gasteiger partial charge in [-0.05, 0) is 74.4 Å². The zero-order valence-corrected chi connectivity index (χ0v) is 23.2. The molecule has 208 valence electrons. The first-order valence-electron chi connectivity index (χ1n) is 12.8. The Morgan fingerprint density at radius 3 is 2.18 bits per heavy atom. The fraction of sp³-hybridized carbons (Fsp3) is 0.310. The lowest BCUT2D eigenvalue weighted by molar-refractivity contribution is -0.139. The molecule has 10 heteroatoms. The highest BCUT2D eigenvalue weighted by Gasteiger charge is 2.32. The third kappa shape index (κ3) is 7.79. The van der Waals surface area contributed by atoms with Crippen LogP contribution in [0.2, 0.25) is 0 Å². The van der Waals surface area contributed by atoms with Gasteiger partial charge in [-0.3, -0.25) is 13.9 Å². The summed E-state index contributed by atoms with van der Waals surface area (Å²) in [7, 11) is -4.15. The van der Waals surface area contributed by atoms with Crippen molar-refractivity contribution < 1.29 is 27.1 Å². The second-order valence-electron chi connectivity index (χ2n) is 8.87. The topological polar surface area (TPSA) is 96.0 Å². The van der Waals surface area contributed by atoms with Gasteiger partial charge in [0.1, 0.15) is 24.2 Å². The van der Waals surface area contributed by atoms with Crippen LogP contribution >= 0.6 is 0 Å². The minimum Gasteiger partial charge on any atom is -0.494 e. The highest BCUT2D eigenvalue weighted by Crippen LogP contribution is 2.26. The summed E-state index contributed by atoms with van der Waals surface area (Å²) in [5.41, 5.74) is 0.860. The van der Waals surface area contributed by atoms with E-state index in [1.54, 1.807) is 49.4 Å². The first-order chi connectivity index (χ1) is 18.7. The standard InChI is InChI=1S/C29H34FN3O5S/c1-4-19-31-29(35)22(3)32(20-23-11-13-24(30)14-12-23)28(34)21-33(25-15-17-26(18-16-25)38-5-2)39(36,37)27-9-7-6-8-10-27/h6-18,22H,4-5,19-21H2,1-3H3,(H,31,35). The van der Waals surface area contributed by atoms with Crippen molar-refractivity contribution in [3.8, 4) is 5.75 Å². The van der Waals surface area contributed by atoms with Crippen molar-refractivity contribution in [2.45, 2.75) is 44.7 Å². The molecule has 1 unspecified atom stereocenters. The maximum atomic E-state index is 13.8. The Balaban J connectivity index is 2.00. The van der Waals surface area contributed by atoms with Crippen LogP contribution in [-0.2, 0) is 26.2 Å². The van der Waals surface area contributed by atoms with Crippen LogP contribution in [-0.4, -0.2) is 50.9 Å². The van der Waals surface area contributed by atoms with Gasteiger partial charge >= 0.3 is 0 Å². The first kappa shape index (κ1) is 29.6. The van der Waals surface area contributed by atoms with E-state index < -0.39 is 34.3 Å². The molecule has 0 aliphatic carbocycles. The molecule has 3 rings (SSSR count). The van der Waals surface area contributed by atoms with E-state index in [4.69, 9.17) is 4.74 Å². The molecule has 1 atom stereocenters. The predicted molar refractivity (Wildman–Crippen MR) is 148 cm³/mol. The number of rotatable bonds is 13. The number of benzene rings is 3. The highest BCUT2D eigenvalue weighted by atomic mass is 32.2. The molecule has 0 heterocycles. The Morgan fingerprint density at radius 1 is 0.949 bits per heavy atom. The molecule has 0 spiro atoms. The van der Waals surface area contributed by atoms with Crippen LogP contribution < -0.4 is 14.4 Å². The van der Waals surface area contributed by atoms with Gasteiger partial charge in [-0.15, -0.1) is 0 Å². The normalized spacial score (nSPS) is 11.9. The number of hydrogen-bond donors (Lipinski definition) is 1. The summed E-state index contributed by atoms with van der Waals surface area (Å²) in [6.07, 6.45) is 0.713. The highest BCUT2D eigenvalue weighted by molar-refractivity contribution is 7.92. The van der Waals surface area contributed by atoms with Crippen molar-refractivity contribution in [3.05, 3.63) is 90.2 Å². The van der Waals surface area contributed by atoms with Gasteiger partial charge in [0.2, 0.25) is 11.8 Å². The van der Waals surface area contributed by atoms with Crippen molar-refractivity contribution in [1.29, 1.82) is 0 Å². The predicted octanol–water partition coefficient (Wildman–Crippen LogP) is 4.36. The number of sulfonamides is 1. The average molecular weight is 556 g/mol. The van der Waals surface area contributed by atoms with Crippen LogP contribution in [0.3, 0.4) is 0 Å². The lowest BCUT2D eigenvalue weighted by Crippen LogP contribution is -2.51. The van der Waals surface area contributed by atoms with Crippen molar-refractivity contribution in [2.24, 2.45) is 0 Å². The second kappa shape index (κ2) is 13.7. The number of nitrogens with one attached hydrogen (secondary N) is 1. The maximum absolute atomic E-state index is 13.8. The summed E-state index contributed by atoms with van der Waals surface area (Å²) < 4.78 is 47.5. The molecule has 3 aromatic carbocycles. The van der Waals surface area contributed by atoms with Crippen molar-refractivity contribution in [3.63, 3.8) is 0 Å². The van der Waals surface area contributed by atoms with Crippen LogP contribution in [0.5, 0.6) is 5.75 Å². The molecule has 0 fully saturated rings. The molecule has 1 N–H and O–H groups in total. The molecule has 0 aliphatic rings. The molecule has 0 saturated carbocycles. The van der Waals surface area contributed by atoms with Gasteiger partial charge in [0, 0.05) is 13.1 Å². The van der Waals surface area contributed by atoms with E-state index in [0.29, 0.717) is 30.9 Å². The molecule has 0 aliphatic heterocycles. The Labute approximate surface area is 229 Å². The number of amides is 2. The van der Waals surface area contributed by atoms with E-state index in [1.807, 2.05) is 13.8 Å². The number of carbonyl (C=O) groups excluding carboxylic acids is 2. The monoisotopic (exact) mass is 555 g/mol. The third-order valence-electron chi connectivity index (χ3n) is 6.03. The summed E-state index contributed by atoms with van der Waals surface area (Å²) in [5, 5.41) is 2.78. The fourth-order valence-electron chi connectivity index (χ4n) is 3.89. The number of hydrogen-bond acceptors (Lipinski definition) is 5. The zero-order chi connectivity index (χ0) is 28.4. The van der Waals surface area contributed by atoms with Crippen molar-refractivity contribution in [1.82, 2.24) is 10.2 Å². The summed E-state index contributed by atoms with van der Waals surface area (Å²) in [4.78, 5) is 28.0. The number of nitrogens with zero attached hydrogens (tertiary/aromatic N) is 2. The Bertz CT molecular complexity index is 1330. The van der Waals surface area contributed by atoms with Crippen molar-refractivity contribution >= 4 is 27.5 Å². The molecule has 0 aromatic heterocycles. The zero-order valence-electron chi connectivity index (χ0n) is 22.3. The van der Waals surface area contributed by atoms with Crippen LogP contribution in [0.15, 0.2) is 83.8 Å². The summed E-state index contributed by atoms with van der Waals surface area (Å²) >= 11 is 0. The number of anilines is 1. The van der Waals surface area contributed by atoms with E-state index in [-0.39, 0.29) is 23.0 Å². The van der Waals surface area contributed by atoms with Gasteiger partial charge in [0.25, 0.3) is 10.0 Å². The van der Waals surface area contributed by atoms with E-state index in [0.717, 1.165) is 4.31 Å². The lowest BCUT2D eigenvalue weighted by atomic mass is 10.1. The summed E-state index contributed by atoms with van der Waals surface area (Å²) in [6, 6.07) is 18.9. The largest absolute Gasteiger partial charge is 0.494 e. The van der Waals surface area contributed by atoms with Gasteiger partial charge in [-0.1, -0.05) is 37.3 Å². The van der Waals surface area contributed by atoms with Crippen LogP contribution in [0.4, 0.5) is 10.1 Å². The number of ether oxygens (including phenoxy) is 1. The minimum atomic E-state index is -4.15. The van der Waals surface area contributed by atoms with Crippen LogP contribution in [0.25, 0.3) is 0 Å². The maximum Gasteiger partial charge on any atom is 0.264 e. The Hall–Kier alpha value is -3.92. The quantitative estimate of drug-likeness (QED) is 0.338. The second-order valence-corrected chi connectivity index (χ2v) is 10.7. The molecular formula is C29H34FN3O5S. The van der Waals surface area contributed by atoms with Crippen LogP contribution in [0.1, 0.15) is 32.8 Å². The molecular weight excluding hydrogens is 521 g/mol. The van der Waals surface area contributed by atoms with Crippen molar-refractivity contribution in [2.75, 3.05) is 24.0 Å². The lowest BCUT2D eigenvalue weighted by Gasteiger charge is -2.32. The molecule has 2 amide bonds. The fourth-order valence-corrected chi connectivity index (χ4v) is 5.32. The first-order valence-corrected chi connectivity index (χ1v) is 14.2. The van der Waals surface area contributed by atoms with Gasteiger partial charge < -0.3 is 15.0 Å². The Kier molecular flexibility index (Phi) is 10.4. The smallest absolute Gasteiger partial charge is 0.264 e. The SMILES string of the molecule is CCCNC(=O)C(C)N(Cc1ccc(F)cc1)C(=O)CN(c1ccc(OCC)cc1)S(=O)(=O)c1ccccc1. The molecule has 3 aromatic rings. The summed E-state index contributed by atoms with van der Waals surface area (Å²) in [5.74, 6) is -0.831. The van der Waals surface area contributed by atoms with E-state index in [9.17, 15) is 22.4 Å². The number of carbonyl (C=O) groups is 2. The van der Waals surface area contributed by atoms with Gasteiger partial charge in [0.05, 0.1) is 17.2 Å². The van der Waals surface area contributed by atoms with E-state index in [1.165, 1.54) is 41.3 Å². The third-order valence-corrected chi connectivity index (χ3v) is 7.82. The van der Waals surface area contributed by atoms with Gasteiger partial charge in [-0.2, -0.15) is 0 Å². The van der Waals surface area contributed by atoms with Gasteiger partial charge in [0.15, 0.2) is 0 Å². The minimum absolute atomic E-state index is 0.0116. The summed E-state index contributed by atoms with van der Waals surface area (Å²) in [6.45, 7) is 5.64. The Morgan fingerprint density at radius 2 is 1.59 bits per heavy atom. The molecule has 0 bridgehead atoms. The van der Waals surface area contributed by atoms with E-state index in [2.05, 4.69) is 5.32 Å². The number of halogens is 1. The average Bonchev–Trinajstić information content (AvgIpc) is 2.95. The van der Waals surface area contributed by atoms with Crippen LogP contribution in [0, 0.1) is 5.82 Å². The molecule has 39 heavy (non-hydrogen) atoms.